The molecule has 18 heavy (non-hydrogen) atoms. The smallest absolute Gasteiger partial charge is 0.307 e. The topological polar surface area (TPSA) is 74.7 Å². The van der Waals surface area contributed by atoms with Crippen molar-refractivity contribution in [3.05, 3.63) is 29.8 Å². The molecule has 1 aromatic rings. The predicted octanol–water partition coefficient (Wildman–Crippen LogP) is 1.09. The fourth-order valence-corrected chi connectivity index (χ4v) is 3.51. The molecule has 0 aromatic heterocycles. The zero-order chi connectivity index (χ0) is 13.3. The van der Waals surface area contributed by atoms with Crippen molar-refractivity contribution in [1.29, 1.82) is 0 Å². The third-order valence-electron chi connectivity index (χ3n) is 3.16. The number of carboxylic acid groups (broad SMARTS) is 1. The van der Waals surface area contributed by atoms with Crippen molar-refractivity contribution in [3.8, 4) is 0 Å². The van der Waals surface area contributed by atoms with Crippen LogP contribution >= 0.6 is 0 Å². The SMILES string of the molecule is Cc1ccc(S(=O)(=O)N2CC[C@H](C(=O)O)C2)cc1. The third kappa shape index (κ3) is 2.39. The Hall–Kier alpha value is -1.40. The largest absolute Gasteiger partial charge is 0.481 e. The molecule has 1 aliphatic rings. The number of carbonyl (C=O) groups is 1. The van der Waals surface area contributed by atoms with E-state index in [-0.39, 0.29) is 18.0 Å². The van der Waals surface area contributed by atoms with Gasteiger partial charge in [-0.25, -0.2) is 8.42 Å². The Morgan fingerprint density at radius 2 is 1.94 bits per heavy atom. The Balaban J connectivity index is 2.22. The van der Waals surface area contributed by atoms with E-state index in [1.807, 2.05) is 6.92 Å². The molecule has 6 heteroatoms. The summed E-state index contributed by atoms with van der Waals surface area (Å²) in [6.45, 7) is 2.21. The number of aryl methyl sites for hydroxylation is 1. The number of aliphatic carboxylic acids is 1. The number of benzene rings is 1. The molecule has 0 amide bonds. The third-order valence-corrected chi connectivity index (χ3v) is 5.04. The van der Waals surface area contributed by atoms with Crippen LogP contribution in [0.2, 0.25) is 0 Å². The molecule has 0 unspecified atom stereocenters. The molecular weight excluding hydrogens is 254 g/mol. The normalized spacial score (nSPS) is 21.1. The van der Waals surface area contributed by atoms with Gasteiger partial charge in [-0.1, -0.05) is 17.7 Å². The first-order valence-corrected chi connectivity index (χ1v) is 7.15. The van der Waals surface area contributed by atoms with Gasteiger partial charge in [0.15, 0.2) is 0 Å². The van der Waals surface area contributed by atoms with Crippen molar-refractivity contribution < 1.29 is 18.3 Å². The van der Waals surface area contributed by atoms with E-state index in [0.717, 1.165) is 5.56 Å². The number of nitrogens with zero attached hydrogens (tertiary/aromatic N) is 1. The molecule has 1 saturated heterocycles. The maximum atomic E-state index is 12.2. The Labute approximate surface area is 106 Å². The van der Waals surface area contributed by atoms with Crippen molar-refractivity contribution in [1.82, 2.24) is 4.31 Å². The lowest BCUT2D eigenvalue weighted by Crippen LogP contribution is -2.30. The Kier molecular flexibility index (Phi) is 3.41. The summed E-state index contributed by atoms with van der Waals surface area (Å²) < 4.78 is 25.7. The molecule has 0 saturated carbocycles. The molecule has 0 radical (unpaired) electrons. The minimum atomic E-state index is -3.55. The van der Waals surface area contributed by atoms with Gasteiger partial charge in [-0.3, -0.25) is 4.79 Å². The monoisotopic (exact) mass is 269 g/mol. The average Bonchev–Trinajstić information content (AvgIpc) is 2.79. The summed E-state index contributed by atoms with van der Waals surface area (Å²) in [5.41, 5.74) is 0.985. The molecule has 0 bridgehead atoms. The van der Waals surface area contributed by atoms with Gasteiger partial charge in [-0.2, -0.15) is 4.31 Å². The van der Waals surface area contributed by atoms with E-state index in [1.165, 1.54) is 4.31 Å². The zero-order valence-electron chi connectivity index (χ0n) is 10.0. The molecule has 5 nitrogen and oxygen atoms in total. The predicted molar refractivity (Wildman–Crippen MR) is 65.7 cm³/mol. The number of carboxylic acids is 1. The molecule has 0 spiro atoms. The minimum absolute atomic E-state index is 0.0611. The standard InChI is InChI=1S/C12H15NO4S/c1-9-2-4-11(5-3-9)18(16,17)13-7-6-10(8-13)12(14)15/h2-5,10H,6-8H2,1H3,(H,14,15)/t10-/m0/s1. The number of hydrogen-bond acceptors (Lipinski definition) is 3. The van der Waals surface area contributed by atoms with Crippen LogP contribution in [0.5, 0.6) is 0 Å². The summed E-state index contributed by atoms with van der Waals surface area (Å²) in [4.78, 5) is 11.1. The van der Waals surface area contributed by atoms with Crippen molar-refractivity contribution in [2.45, 2.75) is 18.2 Å². The summed E-state index contributed by atoms with van der Waals surface area (Å²) in [6, 6.07) is 6.58. The maximum absolute atomic E-state index is 12.2. The molecule has 1 aromatic carbocycles. The van der Waals surface area contributed by atoms with E-state index in [9.17, 15) is 13.2 Å². The molecule has 1 aliphatic heterocycles. The van der Waals surface area contributed by atoms with Crippen molar-refractivity contribution >= 4 is 16.0 Å². The first-order chi connectivity index (χ1) is 8.41. The number of hydrogen-bond donors (Lipinski definition) is 1. The second-order valence-corrected chi connectivity index (χ2v) is 6.44. The van der Waals surface area contributed by atoms with Crippen LogP contribution in [0.15, 0.2) is 29.2 Å². The van der Waals surface area contributed by atoms with E-state index in [4.69, 9.17) is 5.11 Å². The molecular formula is C12H15NO4S. The van der Waals surface area contributed by atoms with Crippen LogP contribution in [0.1, 0.15) is 12.0 Å². The van der Waals surface area contributed by atoms with Crippen molar-refractivity contribution in [2.24, 2.45) is 5.92 Å². The molecule has 1 heterocycles. The Bertz CT molecular complexity index is 550. The lowest BCUT2D eigenvalue weighted by Gasteiger charge is -2.15. The van der Waals surface area contributed by atoms with Gasteiger partial charge in [0.25, 0.3) is 0 Å². The van der Waals surface area contributed by atoms with Crippen LogP contribution in [-0.2, 0) is 14.8 Å². The second-order valence-electron chi connectivity index (χ2n) is 4.50. The molecule has 1 fully saturated rings. The van der Waals surface area contributed by atoms with E-state index in [0.29, 0.717) is 6.42 Å². The average molecular weight is 269 g/mol. The first kappa shape index (κ1) is 13.0. The number of sulfonamides is 1. The van der Waals surface area contributed by atoms with E-state index >= 15 is 0 Å². The zero-order valence-corrected chi connectivity index (χ0v) is 10.9. The number of rotatable bonds is 3. The highest BCUT2D eigenvalue weighted by atomic mass is 32.2. The van der Waals surface area contributed by atoms with E-state index in [2.05, 4.69) is 0 Å². The highest BCUT2D eigenvalue weighted by Gasteiger charge is 2.35. The summed E-state index contributed by atoms with van der Waals surface area (Å²) in [5.74, 6) is -1.53. The Morgan fingerprint density at radius 3 is 2.44 bits per heavy atom. The van der Waals surface area contributed by atoms with Crippen molar-refractivity contribution in [2.75, 3.05) is 13.1 Å². The van der Waals surface area contributed by atoms with Crippen LogP contribution in [0.25, 0.3) is 0 Å². The summed E-state index contributed by atoms with van der Waals surface area (Å²) in [7, 11) is -3.55. The fraction of sp³-hybridized carbons (Fsp3) is 0.417. The quantitative estimate of drug-likeness (QED) is 0.891. The van der Waals surface area contributed by atoms with Gasteiger partial charge < -0.3 is 5.11 Å². The highest BCUT2D eigenvalue weighted by Crippen LogP contribution is 2.24. The second kappa shape index (κ2) is 4.70. The van der Waals surface area contributed by atoms with Gasteiger partial charge in [-0.15, -0.1) is 0 Å². The van der Waals surface area contributed by atoms with Crippen LogP contribution in [-0.4, -0.2) is 36.9 Å². The fourth-order valence-electron chi connectivity index (χ4n) is 2.01. The lowest BCUT2D eigenvalue weighted by molar-refractivity contribution is -0.141. The van der Waals surface area contributed by atoms with Gasteiger partial charge >= 0.3 is 5.97 Å². The molecule has 98 valence electrons. The van der Waals surface area contributed by atoms with Gasteiger partial charge in [0, 0.05) is 13.1 Å². The van der Waals surface area contributed by atoms with Gasteiger partial charge in [0.2, 0.25) is 10.0 Å². The molecule has 1 atom stereocenters. The van der Waals surface area contributed by atoms with Gasteiger partial charge in [0.1, 0.15) is 0 Å². The summed E-state index contributed by atoms with van der Waals surface area (Å²) >= 11 is 0. The van der Waals surface area contributed by atoms with Crippen LogP contribution in [0, 0.1) is 12.8 Å². The van der Waals surface area contributed by atoms with Gasteiger partial charge in [-0.05, 0) is 25.5 Å². The minimum Gasteiger partial charge on any atom is -0.481 e. The maximum Gasteiger partial charge on any atom is 0.307 e. The lowest BCUT2D eigenvalue weighted by atomic mass is 10.1. The molecule has 2 rings (SSSR count). The van der Waals surface area contributed by atoms with Gasteiger partial charge in [0.05, 0.1) is 10.8 Å². The summed E-state index contributed by atoms with van der Waals surface area (Å²) in [5, 5.41) is 8.88. The van der Waals surface area contributed by atoms with Crippen LogP contribution in [0.4, 0.5) is 0 Å². The highest BCUT2D eigenvalue weighted by molar-refractivity contribution is 7.89. The summed E-state index contributed by atoms with van der Waals surface area (Å²) in [6.07, 6.45) is 0.375. The van der Waals surface area contributed by atoms with E-state index < -0.39 is 21.9 Å². The van der Waals surface area contributed by atoms with Crippen LogP contribution in [0.3, 0.4) is 0 Å². The van der Waals surface area contributed by atoms with E-state index in [1.54, 1.807) is 24.3 Å². The Morgan fingerprint density at radius 1 is 1.33 bits per heavy atom. The van der Waals surface area contributed by atoms with Crippen molar-refractivity contribution in [3.63, 3.8) is 0 Å². The first-order valence-electron chi connectivity index (χ1n) is 5.71. The van der Waals surface area contributed by atoms with Crippen LogP contribution < -0.4 is 0 Å². The molecule has 1 N–H and O–H groups in total. The molecule has 0 aliphatic carbocycles.